The molecule has 0 saturated carbocycles. The summed E-state index contributed by atoms with van der Waals surface area (Å²) in [4.78, 5) is 18.2. The van der Waals surface area contributed by atoms with E-state index in [0.717, 1.165) is 49.0 Å². The lowest BCUT2D eigenvalue weighted by Gasteiger charge is -2.34. The Labute approximate surface area is 155 Å². The highest BCUT2D eigenvalue weighted by Gasteiger charge is 2.23. The van der Waals surface area contributed by atoms with Crippen LogP contribution in [0.15, 0.2) is 23.2 Å². The third-order valence-corrected chi connectivity index (χ3v) is 4.81. The zero-order valence-electron chi connectivity index (χ0n) is 16.2. The van der Waals surface area contributed by atoms with Crippen LogP contribution in [0.1, 0.15) is 24.8 Å². The van der Waals surface area contributed by atoms with Crippen LogP contribution in [0.5, 0.6) is 11.5 Å². The van der Waals surface area contributed by atoms with E-state index in [1.54, 1.807) is 28.3 Å². The lowest BCUT2D eigenvalue weighted by Crippen LogP contribution is -2.45. The molecule has 1 fully saturated rings. The van der Waals surface area contributed by atoms with Crippen LogP contribution in [0, 0.1) is 5.92 Å². The molecular formula is C19H30N4O3. The Bertz CT molecular complexity index is 625. The molecular weight excluding hydrogens is 332 g/mol. The van der Waals surface area contributed by atoms with Gasteiger partial charge in [0.05, 0.1) is 14.2 Å². The molecule has 1 saturated heterocycles. The van der Waals surface area contributed by atoms with Crippen molar-refractivity contribution in [3.63, 3.8) is 0 Å². The van der Waals surface area contributed by atoms with E-state index in [-0.39, 0.29) is 5.91 Å². The van der Waals surface area contributed by atoms with Crippen molar-refractivity contribution >= 4 is 11.9 Å². The number of guanidine groups is 1. The number of carbonyl (C=O) groups is 1. The maximum atomic E-state index is 11.5. The van der Waals surface area contributed by atoms with E-state index in [4.69, 9.17) is 9.47 Å². The molecule has 0 bridgehead atoms. The van der Waals surface area contributed by atoms with Crippen molar-refractivity contribution in [2.24, 2.45) is 10.9 Å². The minimum atomic E-state index is 0.123. The number of hydrogen-bond donors (Lipinski definition) is 2. The first-order valence-electron chi connectivity index (χ1n) is 8.98. The van der Waals surface area contributed by atoms with Crippen LogP contribution >= 0.6 is 0 Å². The second-order valence-corrected chi connectivity index (χ2v) is 6.39. The molecule has 2 N–H and O–H groups in total. The number of rotatable bonds is 6. The molecule has 0 spiro atoms. The Morgan fingerprint density at radius 1 is 1.27 bits per heavy atom. The number of amides is 1. The van der Waals surface area contributed by atoms with Gasteiger partial charge < -0.3 is 25.0 Å². The lowest BCUT2D eigenvalue weighted by atomic mass is 9.93. The quantitative estimate of drug-likeness (QED) is 0.594. The second-order valence-electron chi connectivity index (χ2n) is 6.39. The molecule has 0 aromatic heterocycles. The molecule has 7 heteroatoms. The Balaban J connectivity index is 1.90. The van der Waals surface area contributed by atoms with Gasteiger partial charge in [0.15, 0.2) is 5.96 Å². The fourth-order valence-electron chi connectivity index (χ4n) is 3.22. The highest BCUT2D eigenvalue weighted by molar-refractivity contribution is 5.80. The van der Waals surface area contributed by atoms with Gasteiger partial charge in [0.2, 0.25) is 5.91 Å². The Morgan fingerprint density at radius 3 is 2.58 bits per heavy atom. The topological polar surface area (TPSA) is 75.2 Å². The van der Waals surface area contributed by atoms with Crippen molar-refractivity contribution in [3.8, 4) is 11.5 Å². The van der Waals surface area contributed by atoms with Gasteiger partial charge in [-0.25, -0.2) is 0 Å². The summed E-state index contributed by atoms with van der Waals surface area (Å²) in [5.74, 6) is 3.01. The summed E-state index contributed by atoms with van der Waals surface area (Å²) in [6.07, 6.45) is 2.61. The van der Waals surface area contributed by atoms with Gasteiger partial charge in [-0.2, -0.15) is 0 Å². The maximum absolute atomic E-state index is 11.5. The highest BCUT2D eigenvalue weighted by Crippen LogP contribution is 2.25. The molecule has 0 radical (unpaired) electrons. The predicted octanol–water partition coefficient (Wildman–Crippen LogP) is 1.63. The molecule has 26 heavy (non-hydrogen) atoms. The summed E-state index contributed by atoms with van der Waals surface area (Å²) >= 11 is 0. The van der Waals surface area contributed by atoms with Crippen molar-refractivity contribution in [2.75, 3.05) is 41.4 Å². The minimum Gasteiger partial charge on any atom is -0.497 e. The van der Waals surface area contributed by atoms with Crippen LogP contribution in [0.25, 0.3) is 0 Å². The average Bonchev–Trinajstić information content (AvgIpc) is 2.69. The van der Waals surface area contributed by atoms with Crippen LogP contribution in [0.2, 0.25) is 0 Å². The number of carbonyl (C=O) groups excluding carboxylic acids is 1. The molecule has 7 nitrogen and oxygen atoms in total. The first-order chi connectivity index (χ1) is 12.6. The molecule has 2 rings (SSSR count). The Morgan fingerprint density at radius 2 is 2.00 bits per heavy atom. The van der Waals surface area contributed by atoms with E-state index in [9.17, 15) is 4.79 Å². The number of hydrogen-bond acceptors (Lipinski definition) is 4. The first-order valence-corrected chi connectivity index (χ1v) is 8.98. The van der Waals surface area contributed by atoms with Crippen LogP contribution < -0.4 is 20.1 Å². The summed E-state index contributed by atoms with van der Waals surface area (Å²) in [7, 11) is 6.79. The smallest absolute Gasteiger partial charge is 0.220 e. The van der Waals surface area contributed by atoms with Crippen molar-refractivity contribution in [1.29, 1.82) is 0 Å². The molecule has 144 valence electrons. The van der Waals surface area contributed by atoms with E-state index in [0.29, 0.717) is 18.9 Å². The summed E-state index contributed by atoms with van der Waals surface area (Å²) in [5.41, 5.74) is 1.05. The van der Waals surface area contributed by atoms with E-state index in [2.05, 4.69) is 20.5 Å². The zero-order chi connectivity index (χ0) is 18.9. The fourth-order valence-corrected chi connectivity index (χ4v) is 3.22. The van der Waals surface area contributed by atoms with Gasteiger partial charge in [0.1, 0.15) is 11.5 Å². The minimum absolute atomic E-state index is 0.123. The molecule has 0 aliphatic carbocycles. The molecule has 1 heterocycles. The number of aliphatic imine (C=N–C) groups is 1. The van der Waals surface area contributed by atoms with E-state index in [1.807, 2.05) is 18.2 Å². The molecule has 0 unspecified atom stereocenters. The van der Waals surface area contributed by atoms with Gasteiger partial charge in [-0.1, -0.05) is 0 Å². The van der Waals surface area contributed by atoms with Crippen molar-refractivity contribution in [1.82, 2.24) is 15.5 Å². The summed E-state index contributed by atoms with van der Waals surface area (Å²) in [5, 5.41) is 6.12. The summed E-state index contributed by atoms with van der Waals surface area (Å²) in [6.45, 7) is 2.43. The van der Waals surface area contributed by atoms with Crippen LogP contribution in [0.3, 0.4) is 0 Å². The second kappa shape index (κ2) is 9.89. The average molecular weight is 362 g/mol. The largest absolute Gasteiger partial charge is 0.497 e. The van der Waals surface area contributed by atoms with Crippen molar-refractivity contribution < 1.29 is 14.3 Å². The van der Waals surface area contributed by atoms with E-state index < -0.39 is 0 Å². The van der Waals surface area contributed by atoms with E-state index in [1.165, 1.54) is 0 Å². The van der Waals surface area contributed by atoms with Crippen LogP contribution in [-0.2, 0) is 11.3 Å². The SMILES string of the molecule is CN=C(NCc1ccc(OC)cc1OC)N1CCC(CC(=O)NC)CC1. The van der Waals surface area contributed by atoms with Gasteiger partial charge in [-0.15, -0.1) is 0 Å². The van der Waals surface area contributed by atoms with Crippen molar-refractivity contribution in [3.05, 3.63) is 23.8 Å². The van der Waals surface area contributed by atoms with Gasteiger partial charge in [0, 0.05) is 51.8 Å². The molecule has 0 atom stereocenters. The summed E-state index contributed by atoms with van der Waals surface area (Å²) < 4.78 is 10.7. The molecule has 1 aliphatic rings. The number of likely N-dealkylation sites (tertiary alicyclic amines) is 1. The molecule has 1 amide bonds. The van der Waals surface area contributed by atoms with Crippen molar-refractivity contribution in [2.45, 2.75) is 25.8 Å². The predicted molar refractivity (Wildman–Crippen MR) is 103 cm³/mol. The van der Waals surface area contributed by atoms with Gasteiger partial charge >= 0.3 is 0 Å². The number of nitrogens with one attached hydrogen (secondary N) is 2. The van der Waals surface area contributed by atoms with Gasteiger partial charge in [-0.3, -0.25) is 9.79 Å². The molecule has 1 aromatic carbocycles. The Hall–Kier alpha value is -2.44. The number of piperidine rings is 1. The normalized spacial score (nSPS) is 15.5. The Kier molecular flexibility index (Phi) is 7.56. The third-order valence-electron chi connectivity index (χ3n) is 4.81. The van der Waals surface area contributed by atoms with Gasteiger partial charge in [-0.05, 0) is 30.9 Å². The van der Waals surface area contributed by atoms with E-state index >= 15 is 0 Å². The molecule has 1 aliphatic heterocycles. The van der Waals surface area contributed by atoms with Crippen LogP contribution in [-0.4, -0.2) is 58.2 Å². The molecule has 1 aromatic rings. The summed E-state index contributed by atoms with van der Waals surface area (Å²) in [6, 6.07) is 5.80. The highest BCUT2D eigenvalue weighted by atomic mass is 16.5. The monoisotopic (exact) mass is 362 g/mol. The van der Waals surface area contributed by atoms with Gasteiger partial charge in [0.25, 0.3) is 0 Å². The number of ether oxygens (including phenoxy) is 2. The third kappa shape index (κ3) is 5.28. The lowest BCUT2D eigenvalue weighted by molar-refractivity contribution is -0.121. The number of nitrogens with zero attached hydrogens (tertiary/aromatic N) is 2. The van der Waals surface area contributed by atoms with Crippen LogP contribution in [0.4, 0.5) is 0 Å². The first kappa shape index (κ1) is 19.9. The number of benzene rings is 1. The number of methoxy groups -OCH3 is 2. The maximum Gasteiger partial charge on any atom is 0.220 e. The zero-order valence-corrected chi connectivity index (χ0v) is 16.2. The standard InChI is InChI=1S/C19H30N4O3/c1-20-18(24)11-14-7-9-23(10-8-14)19(21-2)22-13-15-5-6-16(25-3)12-17(15)26-4/h5-6,12,14H,7-11,13H2,1-4H3,(H,20,24)(H,21,22). The fraction of sp³-hybridized carbons (Fsp3) is 0.579.